The van der Waals surface area contributed by atoms with Crippen LogP contribution >= 0.6 is 0 Å². The van der Waals surface area contributed by atoms with E-state index in [1.807, 2.05) is 0 Å². The fraction of sp³-hybridized carbons (Fsp3) is 0.692. The van der Waals surface area contributed by atoms with Gasteiger partial charge in [0.15, 0.2) is 0 Å². The van der Waals surface area contributed by atoms with E-state index in [0.717, 1.165) is 6.54 Å². The minimum atomic E-state index is 0.705. The van der Waals surface area contributed by atoms with Gasteiger partial charge >= 0.3 is 0 Å². The van der Waals surface area contributed by atoms with Crippen molar-refractivity contribution in [2.75, 3.05) is 6.54 Å². The van der Waals surface area contributed by atoms with Crippen LogP contribution in [0, 0.1) is 0 Å². The Hall–Kier alpha value is -0.760. The maximum atomic E-state index is 3.54. The number of hydrogen-bond acceptors (Lipinski definition) is 1. The monoisotopic (exact) mass is 206 g/mol. The van der Waals surface area contributed by atoms with Gasteiger partial charge in [-0.1, -0.05) is 13.3 Å². The highest BCUT2D eigenvalue weighted by molar-refractivity contribution is 5.10. The first kappa shape index (κ1) is 10.7. The first-order valence-corrected chi connectivity index (χ1v) is 6.26. The molecule has 2 nitrogen and oxygen atoms in total. The van der Waals surface area contributed by atoms with Gasteiger partial charge in [0.05, 0.1) is 0 Å². The highest BCUT2D eigenvalue weighted by atomic mass is 15.0. The first-order valence-electron chi connectivity index (χ1n) is 6.26. The Morgan fingerprint density at radius 3 is 3.20 bits per heavy atom. The zero-order valence-electron chi connectivity index (χ0n) is 9.71. The maximum absolute atomic E-state index is 3.54. The molecule has 1 aliphatic heterocycles. The molecule has 84 valence electrons. The molecule has 0 aliphatic carbocycles. The Kier molecular flexibility index (Phi) is 3.84. The lowest BCUT2D eigenvalue weighted by atomic mass is 10.1. The van der Waals surface area contributed by atoms with Crippen molar-refractivity contribution < 1.29 is 0 Å². The number of unbranched alkanes of at least 4 members (excludes halogenated alkanes) is 1. The van der Waals surface area contributed by atoms with Gasteiger partial charge in [-0.2, -0.15) is 0 Å². The summed E-state index contributed by atoms with van der Waals surface area (Å²) in [6.07, 6.45) is 11.1. The van der Waals surface area contributed by atoms with Gasteiger partial charge in [-0.25, -0.2) is 0 Å². The molecule has 0 saturated carbocycles. The summed E-state index contributed by atoms with van der Waals surface area (Å²) >= 11 is 0. The van der Waals surface area contributed by atoms with Crippen molar-refractivity contribution in [3.63, 3.8) is 0 Å². The third-order valence-corrected chi connectivity index (χ3v) is 3.22. The summed E-state index contributed by atoms with van der Waals surface area (Å²) in [6.45, 7) is 4.60. The summed E-state index contributed by atoms with van der Waals surface area (Å²) in [6, 6.07) is 2.97. The van der Waals surface area contributed by atoms with Crippen molar-refractivity contribution in [3.8, 4) is 0 Å². The second-order valence-electron chi connectivity index (χ2n) is 4.61. The van der Waals surface area contributed by atoms with Gasteiger partial charge in [-0.3, -0.25) is 0 Å². The lowest BCUT2D eigenvalue weighted by Crippen LogP contribution is -2.26. The lowest BCUT2D eigenvalue weighted by Gasteiger charge is -2.10. The van der Waals surface area contributed by atoms with Gasteiger partial charge in [-0.15, -0.1) is 0 Å². The molecule has 2 rings (SSSR count). The number of hydrogen-bond donors (Lipinski definition) is 1. The van der Waals surface area contributed by atoms with E-state index in [4.69, 9.17) is 0 Å². The average molecular weight is 206 g/mol. The van der Waals surface area contributed by atoms with Crippen LogP contribution in [0.3, 0.4) is 0 Å². The number of rotatable bonds is 5. The van der Waals surface area contributed by atoms with E-state index in [1.165, 1.54) is 44.2 Å². The molecule has 0 unspecified atom stereocenters. The van der Waals surface area contributed by atoms with Crippen LogP contribution in [-0.2, 0) is 13.0 Å². The Bertz CT molecular complexity index is 284. The molecule has 15 heavy (non-hydrogen) atoms. The van der Waals surface area contributed by atoms with Crippen LogP contribution in [0.4, 0.5) is 0 Å². The average Bonchev–Trinajstić information content (AvgIpc) is 2.87. The minimum absolute atomic E-state index is 0.705. The molecule has 1 aromatic heterocycles. The van der Waals surface area contributed by atoms with Gasteiger partial charge < -0.3 is 9.88 Å². The van der Waals surface area contributed by atoms with E-state index in [0.29, 0.717) is 6.04 Å². The molecule has 1 saturated heterocycles. The second kappa shape index (κ2) is 5.36. The third kappa shape index (κ3) is 3.10. The largest absolute Gasteiger partial charge is 0.352 e. The molecule has 2 heteroatoms. The van der Waals surface area contributed by atoms with Gasteiger partial charge in [0, 0.05) is 25.0 Å². The maximum Gasteiger partial charge on any atom is 0.0373 e. The summed E-state index contributed by atoms with van der Waals surface area (Å²) < 4.78 is 2.34. The van der Waals surface area contributed by atoms with E-state index >= 15 is 0 Å². The highest BCUT2D eigenvalue weighted by Crippen LogP contribution is 2.10. The molecule has 1 N–H and O–H groups in total. The van der Waals surface area contributed by atoms with E-state index in [-0.39, 0.29) is 0 Å². The molecule has 0 spiro atoms. The number of aryl methyl sites for hydroxylation is 1. The molecule has 0 aromatic carbocycles. The van der Waals surface area contributed by atoms with Crippen LogP contribution in [0.25, 0.3) is 0 Å². The Balaban J connectivity index is 1.83. The lowest BCUT2D eigenvalue weighted by molar-refractivity contribution is 0.510. The summed E-state index contributed by atoms with van der Waals surface area (Å²) in [5, 5.41) is 3.54. The van der Waals surface area contributed by atoms with Crippen LogP contribution in [0.5, 0.6) is 0 Å². The van der Waals surface area contributed by atoms with E-state index in [2.05, 4.69) is 35.3 Å². The molecule has 0 amide bonds. The van der Waals surface area contributed by atoms with Crippen LogP contribution in [-0.4, -0.2) is 17.2 Å². The minimum Gasteiger partial charge on any atom is -0.352 e. The van der Waals surface area contributed by atoms with Crippen LogP contribution in [0.15, 0.2) is 18.5 Å². The van der Waals surface area contributed by atoms with Crippen molar-refractivity contribution in [1.29, 1.82) is 0 Å². The Morgan fingerprint density at radius 2 is 2.47 bits per heavy atom. The van der Waals surface area contributed by atoms with E-state index in [1.54, 1.807) is 0 Å². The summed E-state index contributed by atoms with van der Waals surface area (Å²) in [5.41, 5.74) is 1.50. The molecule has 0 radical (unpaired) electrons. The molecule has 1 fully saturated rings. The number of aromatic nitrogens is 1. The molecule has 1 aliphatic rings. The topological polar surface area (TPSA) is 17.0 Å². The molecule has 1 atom stereocenters. The summed E-state index contributed by atoms with van der Waals surface area (Å²) in [4.78, 5) is 0. The Morgan fingerprint density at radius 1 is 1.53 bits per heavy atom. The van der Waals surface area contributed by atoms with Crippen molar-refractivity contribution in [2.24, 2.45) is 0 Å². The smallest absolute Gasteiger partial charge is 0.0373 e. The van der Waals surface area contributed by atoms with Gasteiger partial charge in [0.2, 0.25) is 0 Å². The Labute approximate surface area is 92.7 Å². The third-order valence-electron chi connectivity index (χ3n) is 3.22. The fourth-order valence-corrected chi connectivity index (χ4v) is 2.30. The van der Waals surface area contributed by atoms with E-state index < -0.39 is 0 Å². The molecular formula is C13H22N2. The second-order valence-corrected chi connectivity index (χ2v) is 4.61. The van der Waals surface area contributed by atoms with Gasteiger partial charge in [0.25, 0.3) is 0 Å². The molecule has 2 heterocycles. The highest BCUT2D eigenvalue weighted by Gasteiger charge is 2.13. The predicted molar refractivity (Wildman–Crippen MR) is 64.1 cm³/mol. The summed E-state index contributed by atoms with van der Waals surface area (Å²) in [5.74, 6) is 0. The zero-order valence-corrected chi connectivity index (χ0v) is 9.71. The van der Waals surface area contributed by atoms with Crippen LogP contribution < -0.4 is 5.32 Å². The standard InChI is InChI=1S/C13H22N2/c1-2-3-5-12-7-9-15(10-12)11-13-6-4-8-14-13/h7,9-10,13-14H,2-6,8,11H2,1H3/t13-/m0/s1. The quantitative estimate of drug-likeness (QED) is 0.783. The fourth-order valence-electron chi connectivity index (χ4n) is 2.30. The van der Waals surface area contributed by atoms with Crippen LogP contribution in [0.1, 0.15) is 38.2 Å². The first-order chi connectivity index (χ1) is 7.38. The van der Waals surface area contributed by atoms with Crippen molar-refractivity contribution in [2.45, 2.75) is 51.6 Å². The molecular weight excluding hydrogens is 184 g/mol. The van der Waals surface area contributed by atoms with Crippen LogP contribution in [0.2, 0.25) is 0 Å². The van der Waals surface area contributed by atoms with Gasteiger partial charge in [0.1, 0.15) is 0 Å². The predicted octanol–water partition coefficient (Wildman–Crippen LogP) is 2.58. The van der Waals surface area contributed by atoms with Crippen molar-refractivity contribution in [3.05, 3.63) is 24.0 Å². The van der Waals surface area contributed by atoms with Crippen molar-refractivity contribution >= 4 is 0 Å². The summed E-state index contributed by atoms with van der Waals surface area (Å²) in [7, 11) is 0. The normalized spacial score (nSPS) is 21.0. The van der Waals surface area contributed by atoms with Crippen molar-refractivity contribution in [1.82, 2.24) is 9.88 Å². The zero-order chi connectivity index (χ0) is 10.5. The van der Waals surface area contributed by atoms with E-state index in [9.17, 15) is 0 Å². The number of nitrogens with one attached hydrogen (secondary N) is 1. The number of nitrogens with zero attached hydrogens (tertiary/aromatic N) is 1. The van der Waals surface area contributed by atoms with Gasteiger partial charge in [-0.05, 0) is 43.9 Å². The SMILES string of the molecule is CCCCc1ccn(C[C@@H]2CCCN2)c1. The molecule has 0 bridgehead atoms. The molecule has 1 aromatic rings.